The summed E-state index contributed by atoms with van der Waals surface area (Å²) in [6, 6.07) is 8.49. The Kier molecular flexibility index (Phi) is 5.08. The molecule has 26 heavy (non-hydrogen) atoms. The number of hydrogen-bond donors (Lipinski definition) is 2. The number of hydrogen-bond acceptors (Lipinski definition) is 5. The molecular formula is C17H20N4O4S. The van der Waals surface area contributed by atoms with Crippen LogP contribution in [0.15, 0.2) is 46.1 Å². The van der Waals surface area contributed by atoms with Crippen molar-refractivity contribution in [2.24, 2.45) is 0 Å². The molecule has 1 aliphatic rings. The lowest BCUT2D eigenvalue weighted by Crippen LogP contribution is -2.41. The van der Waals surface area contributed by atoms with E-state index in [-0.39, 0.29) is 23.5 Å². The number of amides is 2. The lowest BCUT2D eigenvalue weighted by molar-refractivity contribution is 0.245. The highest BCUT2D eigenvalue weighted by Crippen LogP contribution is 2.38. The van der Waals surface area contributed by atoms with E-state index >= 15 is 0 Å². The zero-order valence-electron chi connectivity index (χ0n) is 14.3. The normalized spacial score (nSPS) is 14.0. The standard InChI is InChI=1S/C17H20N4O4S/c1-12-2-6-14(7-3-12)26(24,25)20-17(23)18-10-11-21-16(22)9-8-15(19-21)13-4-5-13/h2-3,6-9,13H,4-5,10-11H2,1H3,(H2,18,20,23). The largest absolute Gasteiger partial charge is 0.335 e. The number of nitrogens with zero attached hydrogens (tertiary/aromatic N) is 2. The van der Waals surface area contributed by atoms with E-state index in [1.807, 2.05) is 11.6 Å². The Morgan fingerprint density at radius 1 is 1.19 bits per heavy atom. The molecule has 3 rings (SSSR count). The van der Waals surface area contributed by atoms with Gasteiger partial charge in [0, 0.05) is 18.5 Å². The van der Waals surface area contributed by atoms with Gasteiger partial charge in [-0.05, 0) is 38.0 Å². The van der Waals surface area contributed by atoms with Crippen LogP contribution in [-0.4, -0.2) is 30.8 Å². The third-order valence-electron chi connectivity index (χ3n) is 4.05. The molecule has 0 bridgehead atoms. The molecule has 8 nitrogen and oxygen atoms in total. The highest BCUT2D eigenvalue weighted by molar-refractivity contribution is 7.90. The predicted octanol–water partition coefficient (Wildman–Crippen LogP) is 1.12. The molecule has 0 unspecified atom stereocenters. The fraction of sp³-hybridized carbons (Fsp3) is 0.353. The molecule has 9 heteroatoms. The molecule has 0 aliphatic heterocycles. The highest BCUT2D eigenvalue weighted by Gasteiger charge is 2.25. The number of carbonyl (C=O) groups is 1. The third-order valence-corrected chi connectivity index (χ3v) is 5.40. The zero-order chi connectivity index (χ0) is 18.7. The van der Waals surface area contributed by atoms with Crippen LogP contribution in [0.1, 0.15) is 30.0 Å². The van der Waals surface area contributed by atoms with Gasteiger partial charge in [0.15, 0.2) is 0 Å². The van der Waals surface area contributed by atoms with Gasteiger partial charge in [0.2, 0.25) is 0 Å². The summed E-state index contributed by atoms with van der Waals surface area (Å²) in [5.41, 5.74) is 1.53. The lowest BCUT2D eigenvalue weighted by atomic mass is 10.2. The average molecular weight is 376 g/mol. The maximum absolute atomic E-state index is 12.1. The van der Waals surface area contributed by atoms with Gasteiger partial charge in [-0.1, -0.05) is 17.7 Å². The van der Waals surface area contributed by atoms with E-state index in [2.05, 4.69) is 10.4 Å². The predicted molar refractivity (Wildman–Crippen MR) is 95.4 cm³/mol. The minimum absolute atomic E-state index is 0.00766. The van der Waals surface area contributed by atoms with Gasteiger partial charge in [0.05, 0.1) is 17.1 Å². The minimum Gasteiger partial charge on any atom is -0.335 e. The second-order valence-corrected chi connectivity index (χ2v) is 7.95. The van der Waals surface area contributed by atoms with Crippen molar-refractivity contribution < 1.29 is 13.2 Å². The number of aryl methyl sites for hydroxylation is 1. The molecule has 0 spiro atoms. The first-order valence-corrected chi connectivity index (χ1v) is 9.79. The number of carbonyl (C=O) groups excluding carboxylic acids is 1. The summed E-state index contributed by atoms with van der Waals surface area (Å²) < 4.78 is 27.5. The van der Waals surface area contributed by atoms with Crippen molar-refractivity contribution in [1.82, 2.24) is 19.8 Å². The molecule has 0 atom stereocenters. The van der Waals surface area contributed by atoms with E-state index in [9.17, 15) is 18.0 Å². The van der Waals surface area contributed by atoms with E-state index in [1.165, 1.54) is 22.9 Å². The van der Waals surface area contributed by atoms with Crippen LogP contribution in [0.4, 0.5) is 4.79 Å². The van der Waals surface area contributed by atoms with Crippen LogP contribution in [0.2, 0.25) is 0 Å². The Labute approximate surface area is 151 Å². The molecule has 2 aromatic rings. The molecule has 1 heterocycles. The molecule has 0 saturated heterocycles. The first-order valence-electron chi connectivity index (χ1n) is 8.30. The Hall–Kier alpha value is -2.68. The quantitative estimate of drug-likeness (QED) is 0.785. The van der Waals surface area contributed by atoms with Gasteiger partial charge in [0.1, 0.15) is 0 Å². The highest BCUT2D eigenvalue weighted by atomic mass is 32.2. The summed E-state index contributed by atoms with van der Waals surface area (Å²) in [5, 5.41) is 6.71. The zero-order valence-corrected chi connectivity index (χ0v) is 15.1. The molecule has 2 N–H and O–H groups in total. The van der Waals surface area contributed by atoms with Crippen molar-refractivity contribution in [2.45, 2.75) is 37.1 Å². The van der Waals surface area contributed by atoms with Crippen molar-refractivity contribution in [3.8, 4) is 0 Å². The number of sulfonamides is 1. The minimum atomic E-state index is -3.94. The molecule has 1 aliphatic carbocycles. The Morgan fingerprint density at radius 3 is 2.54 bits per heavy atom. The summed E-state index contributed by atoms with van der Waals surface area (Å²) >= 11 is 0. The molecule has 1 aromatic heterocycles. The first kappa shape index (κ1) is 18.1. The first-order chi connectivity index (χ1) is 12.3. The van der Waals surface area contributed by atoms with E-state index in [1.54, 1.807) is 18.2 Å². The lowest BCUT2D eigenvalue weighted by Gasteiger charge is -2.10. The Morgan fingerprint density at radius 2 is 1.88 bits per heavy atom. The monoisotopic (exact) mass is 376 g/mol. The second-order valence-electron chi connectivity index (χ2n) is 6.27. The van der Waals surface area contributed by atoms with Gasteiger partial charge in [-0.3, -0.25) is 4.79 Å². The van der Waals surface area contributed by atoms with Gasteiger partial charge < -0.3 is 5.32 Å². The molecule has 2 amide bonds. The van der Waals surface area contributed by atoms with Crippen LogP contribution in [0, 0.1) is 6.92 Å². The van der Waals surface area contributed by atoms with Crippen molar-refractivity contribution in [2.75, 3.05) is 6.54 Å². The topological polar surface area (TPSA) is 110 Å². The number of urea groups is 1. The number of nitrogens with one attached hydrogen (secondary N) is 2. The molecule has 1 saturated carbocycles. The van der Waals surface area contributed by atoms with Gasteiger partial charge in [-0.2, -0.15) is 5.10 Å². The summed E-state index contributed by atoms with van der Waals surface area (Å²) in [5.74, 6) is 0.415. The van der Waals surface area contributed by atoms with E-state index in [0.29, 0.717) is 5.92 Å². The van der Waals surface area contributed by atoms with Gasteiger partial charge in [-0.15, -0.1) is 0 Å². The number of benzene rings is 1. The Balaban J connectivity index is 1.55. The molecule has 138 valence electrons. The van der Waals surface area contributed by atoms with Gasteiger partial charge in [-0.25, -0.2) is 22.6 Å². The number of rotatable bonds is 6. The van der Waals surface area contributed by atoms with Crippen LogP contribution in [0.25, 0.3) is 0 Å². The van der Waals surface area contributed by atoms with Crippen molar-refractivity contribution in [3.63, 3.8) is 0 Å². The summed E-state index contributed by atoms with van der Waals surface area (Å²) in [6.07, 6.45) is 2.14. The fourth-order valence-corrected chi connectivity index (χ4v) is 3.36. The smallest absolute Gasteiger partial charge is 0.328 e. The summed E-state index contributed by atoms with van der Waals surface area (Å²) in [6.45, 7) is 2.08. The molecule has 0 radical (unpaired) electrons. The van der Waals surface area contributed by atoms with Crippen LogP contribution < -0.4 is 15.6 Å². The Bertz CT molecular complexity index is 963. The molecule has 1 aromatic carbocycles. The average Bonchev–Trinajstić information content (AvgIpc) is 3.41. The maximum Gasteiger partial charge on any atom is 0.328 e. The van der Waals surface area contributed by atoms with Crippen molar-refractivity contribution in [3.05, 3.63) is 58.0 Å². The maximum atomic E-state index is 12.1. The van der Waals surface area contributed by atoms with Crippen LogP contribution >= 0.6 is 0 Å². The van der Waals surface area contributed by atoms with Crippen LogP contribution in [0.5, 0.6) is 0 Å². The van der Waals surface area contributed by atoms with Crippen LogP contribution in [0.3, 0.4) is 0 Å². The van der Waals surface area contributed by atoms with Crippen molar-refractivity contribution >= 4 is 16.1 Å². The molecule has 1 fully saturated rings. The van der Waals surface area contributed by atoms with Crippen LogP contribution in [-0.2, 0) is 16.6 Å². The van der Waals surface area contributed by atoms with E-state index in [0.717, 1.165) is 24.1 Å². The van der Waals surface area contributed by atoms with Crippen molar-refractivity contribution in [1.29, 1.82) is 0 Å². The fourth-order valence-electron chi connectivity index (χ4n) is 2.43. The third kappa shape index (κ3) is 4.48. The number of aromatic nitrogens is 2. The van der Waals surface area contributed by atoms with Gasteiger partial charge >= 0.3 is 6.03 Å². The van der Waals surface area contributed by atoms with Gasteiger partial charge in [0.25, 0.3) is 15.6 Å². The summed E-state index contributed by atoms with van der Waals surface area (Å²) in [4.78, 5) is 23.7. The SMILES string of the molecule is Cc1ccc(S(=O)(=O)NC(=O)NCCn2nc(C3CC3)ccc2=O)cc1. The molecular weight excluding hydrogens is 356 g/mol. The van der Waals surface area contributed by atoms with E-state index in [4.69, 9.17) is 0 Å². The van der Waals surface area contributed by atoms with E-state index < -0.39 is 16.1 Å². The second kappa shape index (κ2) is 7.28. The summed E-state index contributed by atoms with van der Waals surface area (Å²) in [7, 11) is -3.94.